The molecule has 2 N–H and O–H groups in total. The van der Waals surface area contributed by atoms with Gasteiger partial charge in [-0.25, -0.2) is 0 Å². The van der Waals surface area contributed by atoms with Gasteiger partial charge in [-0.3, -0.25) is 14.6 Å². The second-order valence-electron chi connectivity index (χ2n) is 9.84. The van der Waals surface area contributed by atoms with Crippen LogP contribution in [-0.4, -0.2) is 40.5 Å². The van der Waals surface area contributed by atoms with Crippen molar-refractivity contribution in [2.45, 2.75) is 58.4 Å². The molecule has 1 aliphatic rings. The average molecular weight is 490 g/mol. The maximum absolute atomic E-state index is 12.7. The summed E-state index contributed by atoms with van der Waals surface area (Å²) in [4.78, 5) is 29.2. The van der Waals surface area contributed by atoms with Crippen molar-refractivity contribution >= 4 is 17.6 Å². The number of nitrogens with one attached hydrogen (secondary N) is 1. The van der Waals surface area contributed by atoms with Crippen LogP contribution in [0.1, 0.15) is 71.8 Å². The van der Waals surface area contributed by atoms with E-state index in [1.54, 1.807) is 19.2 Å². The van der Waals surface area contributed by atoms with Crippen molar-refractivity contribution in [1.82, 2.24) is 9.88 Å². The van der Waals surface area contributed by atoms with E-state index in [0.29, 0.717) is 11.5 Å². The predicted molar refractivity (Wildman–Crippen MR) is 140 cm³/mol. The molecular formula is C29H35N3O4. The smallest absolute Gasteiger partial charge is 0.305 e. The van der Waals surface area contributed by atoms with Gasteiger partial charge in [-0.1, -0.05) is 19.3 Å². The van der Waals surface area contributed by atoms with E-state index >= 15 is 0 Å². The highest BCUT2D eigenvalue weighted by Gasteiger charge is 2.28. The summed E-state index contributed by atoms with van der Waals surface area (Å²) in [6.45, 7) is 4.22. The van der Waals surface area contributed by atoms with Crippen molar-refractivity contribution in [2.24, 2.45) is 5.92 Å². The van der Waals surface area contributed by atoms with Gasteiger partial charge in [0.15, 0.2) is 0 Å². The molecule has 1 unspecified atom stereocenters. The zero-order valence-corrected chi connectivity index (χ0v) is 21.3. The molecule has 36 heavy (non-hydrogen) atoms. The van der Waals surface area contributed by atoms with E-state index in [0.717, 1.165) is 46.7 Å². The first kappa shape index (κ1) is 25.5. The van der Waals surface area contributed by atoms with Crippen LogP contribution in [0.4, 0.5) is 5.69 Å². The minimum atomic E-state index is -0.917. The van der Waals surface area contributed by atoms with Gasteiger partial charge in [0.2, 0.25) is 0 Å². The third-order valence-corrected chi connectivity index (χ3v) is 7.03. The Morgan fingerprint density at radius 2 is 1.83 bits per heavy atom. The highest BCUT2D eigenvalue weighted by atomic mass is 16.4. The summed E-state index contributed by atoms with van der Waals surface area (Å²) in [5.41, 5.74) is 4.70. The Balaban J connectivity index is 1.56. The van der Waals surface area contributed by atoms with E-state index in [-0.39, 0.29) is 24.9 Å². The van der Waals surface area contributed by atoms with E-state index in [2.05, 4.69) is 22.4 Å². The highest BCUT2D eigenvalue weighted by Crippen LogP contribution is 2.40. The van der Waals surface area contributed by atoms with Crippen LogP contribution in [-0.2, 0) is 4.79 Å². The number of aryl methyl sites for hydroxylation is 2. The number of carbonyl (C=O) groups is 2. The Morgan fingerprint density at radius 3 is 2.50 bits per heavy atom. The Morgan fingerprint density at radius 1 is 1.11 bits per heavy atom. The summed E-state index contributed by atoms with van der Waals surface area (Å²) in [5, 5.41) is 12.6. The van der Waals surface area contributed by atoms with Gasteiger partial charge in [0.1, 0.15) is 11.5 Å². The number of benzene rings is 1. The molecule has 190 valence electrons. The predicted octanol–water partition coefficient (Wildman–Crippen LogP) is 6.24. The molecule has 2 heterocycles. The summed E-state index contributed by atoms with van der Waals surface area (Å²) < 4.78 is 6.21. The van der Waals surface area contributed by atoms with Crippen molar-refractivity contribution in [3.8, 4) is 11.3 Å². The Kier molecular flexibility index (Phi) is 8.08. The average Bonchev–Trinajstić information content (AvgIpc) is 3.27. The minimum Gasteiger partial charge on any atom is -0.481 e. The number of hydrogen-bond donors (Lipinski definition) is 2. The Labute approximate surface area is 212 Å². The van der Waals surface area contributed by atoms with Crippen LogP contribution in [0.2, 0.25) is 0 Å². The number of nitrogens with zero attached hydrogens (tertiary/aromatic N) is 2. The molecule has 1 fully saturated rings. The summed E-state index contributed by atoms with van der Waals surface area (Å²) in [5.74, 6) is 1.11. The lowest BCUT2D eigenvalue weighted by atomic mass is 9.81. The molecule has 0 bridgehead atoms. The number of furan rings is 1. The lowest BCUT2D eigenvalue weighted by molar-refractivity contribution is -0.137. The van der Waals surface area contributed by atoms with Gasteiger partial charge in [0.25, 0.3) is 5.91 Å². The quantitative estimate of drug-likeness (QED) is 0.369. The van der Waals surface area contributed by atoms with Gasteiger partial charge in [0.05, 0.1) is 12.5 Å². The number of anilines is 1. The standard InChI is InChI=1S/C29H35N3O4/c1-19-15-23(18-30-17-19)26-16-25(20(2)36-26)28(21-7-5-4-6-8-21)31-24-11-9-22(10-12-24)29(35)32(3)14-13-27(33)34/h9-12,15-18,21,28,31H,4-8,13-14H2,1-3H3,(H,33,34). The molecule has 3 aromatic rings. The molecule has 0 aliphatic heterocycles. The third kappa shape index (κ3) is 6.14. The molecule has 4 rings (SSSR count). The van der Waals surface area contributed by atoms with Crippen molar-refractivity contribution < 1.29 is 19.1 Å². The molecule has 0 spiro atoms. The molecule has 2 aromatic heterocycles. The molecule has 1 aromatic carbocycles. The molecule has 1 aliphatic carbocycles. The largest absolute Gasteiger partial charge is 0.481 e. The van der Waals surface area contributed by atoms with E-state index in [4.69, 9.17) is 9.52 Å². The van der Waals surface area contributed by atoms with E-state index in [1.807, 2.05) is 38.4 Å². The first-order valence-corrected chi connectivity index (χ1v) is 12.7. The van der Waals surface area contributed by atoms with Crippen LogP contribution in [0.3, 0.4) is 0 Å². The fraction of sp³-hybridized carbons (Fsp3) is 0.414. The van der Waals surface area contributed by atoms with Crippen LogP contribution in [0.5, 0.6) is 0 Å². The van der Waals surface area contributed by atoms with Crippen molar-refractivity contribution in [3.63, 3.8) is 0 Å². The van der Waals surface area contributed by atoms with E-state index < -0.39 is 5.97 Å². The van der Waals surface area contributed by atoms with Crippen molar-refractivity contribution in [1.29, 1.82) is 0 Å². The normalized spacial score (nSPS) is 14.9. The van der Waals surface area contributed by atoms with Crippen LogP contribution < -0.4 is 5.32 Å². The van der Waals surface area contributed by atoms with E-state index in [9.17, 15) is 9.59 Å². The maximum atomic E-state index is 12.7. The van der Waals surface area contributed by atoms with Gasteiger partial charge in [-0.15, -0.1) is 0 Å². The number of aliphatic carboxylic acids is 1. The zero-order chi connectivity index (χ0) is 25.7. The molecule has 7 heteroatoms. The minimum absolute atomic E-state index is 0.0738. The monoisotopic (exact) mass is 489 g/mol. The topological polar surface area (TPSA) is 95.7 Å². The number of aromatic nitrogens is 1. The van der Waals surface area contributed by atoms with Crippen molar-refractivity contribution in [2.75, 3.05) is 18.9 Å². The molecule has 0 radical (unpaired) electrons. The lowest BCUT2D eigenvalue weighted by Gasteiger charge is -2.31. The highest BCUT2D eigenvalue weighted by molar-refractivity contribution is 5.94. The van der Waals surface area contributed by atoms with Gasteiger partial charge < -0.3 is 19.7 Å². The van der Waals surface area contributed by atoms with Crippen LogP contribution in [0.25, 0.3) is 11.3 Å². The number of pyridine rings is 1. The van der Waals surface area contributed by atoms with E-state index in [1.165, 1.54) is 24.2 Å². The lowest BCUT2D eigenvalue weighted by Crippen LogP contribution is -2.29. The molecule has 0 saturated heterocycles. The Bertz CT molecular complexity index is 1200. The number of rotatable bonds is 9. The van der Waals surface area contributed by atoms with Gasteiger partial charge >= 0.3 is 5.97 Å². The van der Waals surface area contributed by atoms with Crippen molar-refractivity contribution in [3.05, 3.63) is 71.2 Å². The molecular weight excluding hydrogens is 454 g/mol. The second kappa shape index (κ2) is 11.4. The molecule has 1 saturated carbocycles. The first-order valence-electron chi connectivity index (χ1n) is 12.7. The fourth-order valence-electron chi connectivity index (χ4n) is 5.03. The molecule has 1 atom stereocenters. The number of hydrogen-bond acceptors (Lipinski definition) is 5. The zero-order valence-electron chi connectivity index (χ0n) is 21.3. The number of carboxylic acid groups (broad SMARTS) is 1. The number of carboxylic acids is 1. The fourth-order valence-corrected chi connectivity index (χ4v) is 5.03. The van der Waals surface area contributed by atoms with Gasteiger partial charge in [0, 0.05) is 48.4 Å². The molecule has 7 nitrogen and oxygen atoms in total. The summed E-state index contributed by atoms with van der Waals surface area (Å²) >= 11 is 0. The Hall–Kier alpha value is -3.61. The maximum Gasteiger partial charge on any atom is 0.305 e. The SMILES string of the molecule is Cc1cncc(-c2cc(C(Nc3ccc(C(=O)N(C)CCC(=O)O)cc3)C3CCCCC3)c(C)o2)c1. The van der Waals surface area contributed by atoms with Crippen LogP contribution in [0.15, 0.2) is 53.2 Å². The summed E-state index contributed by atoms with van der Waals surface area (Å²) in [6.07, 6.45) is 9.65. The number of amides is 1. The number of carbonyl (C=O) groups excluding carboxylic acids is 1. The van der Waals surface area contributed by atoms with Crippen LogP contribution in [0, 0.1) is 19.8 Å². The molecule has 1 amide bonds. The summed E-state index contributed by atoms with van der Waals surface area (Å²) in [6, 6.07) is 11.8. The van der Waals surface area contributed by atoms with Gasteiger partial charge in [-0.2, -0.15) is 0 Å². The van der Waals surface area contributed by atoms with Gasteiger partial charge in [-0.05, 0) is 74.6 Å². The van der Waals surface area contributed by atoms with Crippen LogP contribution >= 0.6 is 0 Å². The second-order valence-corrected chi connectivity index (χ2v) is 9.84. The first-order chi connectivity index (χ1) is 17.3. The summed E-state index contributed by atoms with van der Waals surface area (Å²) in [7, 11) is 1.62. The third-order valence-electron chi connectivity index (χ3n) is 7.03.